The summed E-state index contributed by atoms with van der Waals surface area (Å²) in [5.41, 5.74) is 0.00734. The lowest BCUT2D eigenvalue weighted by Gasteiger charge is -2.19. The average Bonchev–Trinajstić information content (AvgIpc) is 2.73. The van der Waals surface area contributed by atoms with Crippen molar-refractivity contribution in [2.45, 2.75) is 12.3 Å². The van der Waals surface area contributed by atoms with Crippen LogP contribution in [0.2, 0.25) is 0 Å². The van der Waals surface area contributed by atoms with Gasteiger partial charge in [0.2, 0.25) is 0 Å². The van der Waals surface area contributed by atoms with Crippen LogP contribution in [0, 0.1) is 5.82 Å². The van der Waals surface area contributed by atoms with Gasteiger partial charge in [-0.1, -0.05) is 58.4 Å². The van der Waals surface area contributed by atoms with Crippen molar-refractivity contribution in [2.75, 3.05) is 0 Å². The molecule has 1 aromatic heterocycles. The molecule has 0 bridgehead atoms. The molecule has 0 saturated carbocycles. The first-order chi connectivity index (χ1) is 14.5. The normalized spacial score (nSPS) is 12.1. The van der Waals surface area contributed by atoms with Gasteiger partial charge in [0.05, 0.1) is 16.5 Å². The number of para-hydroxylation sites is 1. The largest absolute Gasteiger partial charge is 0.507 e. The third-order valence-electron chi connectivity index (χ3n) is 5.01. The zero-order valence-corrected chi connectivity index (χ0v) is 17.2. The Labute approximate surface area is 179 Å². The van der Waals surface area contributed by atoms with Gasteiger partial charge in [-0.2, -0.15) is 0 Å². The maximum absolute atomic E-state index is 14.2. The Kier molecular flexibility index (Phi) is 5.50. The summed E-state index contributed by atoms with van der Waals surface area (Å²) >= 11 is 3.45. The van der Waals surface area contributed by atoms with Crippen LogP contribution in [-0.2, 0) is 0 Å². The number of carbonyl (C=O) groups is 1. The predicted octanol–water partition coefficient (Wildman–Crippen LogP) is 5.81. The number of hydrogen-bond donors (Lipinski definition) is 1. The van der Waals surface area contributed by atoms with Crippen LogP contribution in [0.3, 0.4) is 0 Å². The fraction of sp³-hybridized carbons (Fsp3) is 0.0833. The van der Waals surface area contributed by atoms with Gasteiger partial charge in [-0.15, -0.1) is 0 Å². The Morgan fingerprint density at radius 3 is 2.43 bits per heavy atom. The van der Waals surface area contributed by atoms with Crippen molar-refractivity contribution in [3.63, 3.8) is 0 Å². The SMILES string of the molecule is O=C(CC(c1ccccc1Br)c1c(O)c2ccccc2oc1=O)c1ccccc1F. The van der Waals surface area contributed by atoms with Gasteiger partial charge in [0.1, 0.15) is 17.1 Å². The first kappa shape index (κ1) is 20.0. The molecule has 0 saturated heterocycles. The van der Waals surface area contributed by atoms with Crippen molar-refractivity contribution >= 4 is 32.7 Å². The molecule has 0 radical (unpaired) electrons. The molecule has 4 nitrogen and oxygen atoms in total. The fourth-order valence-electron chi connectivity index (χ4n) is 3.56. The Bertz CT molecular complexity index is 1310. The van der Waals surface area contributed by atoms with E-state index in [-0.39, 0.29) is 28.9 Å². The Hall–Kier alpha value is -3.25. The molecule has 1 unspecified atom stereocenters. The number of ketones is 1. The third-order valence-corrected chi connectivity index (χ3v) is 5.73. The summed E-state index contributed by atoms with van der Waals surface area (Å²) in [5.74, 6) is -2.21. The molecule has 3 aromatic carbocycles. The van der Waals surface area contributed by atoms with Gasteiger partial charge in [-0.3, -0.25) is 4.79 Å². The first-order valence-corrected chi connectivity index (χ1v) is 10.0. The molecule has 0 spiro atoms. The maximum Gasteiger partial charge on any atom is 0.343 e. The number of rotatable bonds is 5. The number of Topliss-reactive ketones (excluding diaryl/α,β-unsaturated/α-hetero) is 1. The molecule has 0 aliphatic rings. The van der Waals surface area contributed by atoms with Gasteiger partial charge >= 0.3 is 5.63 Å². The minimum Gasteiger partial charge on any atom is -0.507 e. The molecular formula is C24H16BrFO4. The van der Waals surface area contributed by atoms with Gasteiger partial charge in [-0.05, 0) is 35.9 Å². The molecule has 0 aliphatic heterocycles. The van der Waals surface area contributed by atoms with E-state index in [0.717, 1.165) is 0 Å². The zero-order chi connectivity index (χ0) is 21.3. The molecule has 6 heteroatoms. The fourth-order valence-corrected chi connectivity index (χ4v) is 4.12. The second kappa shape index (κ2) is 8.24. The van der Waals surface area contributed by atoms with Gasteiger partial charge in [0.15, 0.2) is 5.78 Å². The summed E-state index contributed by atoms with van der Waals surface area (Å²) < 4.78 is 20.2. The van der Waals surface area contributed by atoms with E-state index in [1.165, 1.54) is 18.2 Å². The molecule has 150 valence electrons. The molecule has 30 heavy (non-hydrogen) atoms. The van der Waals surface area contributed by atoms with E-state index in [0.29, 0.717) is 15.4 Å². The Balaban J connectivity index is 1.90. The second-order valence-electron chi connectivity index (χ2n) is 6.83. The Morgan fingerprint density at radius 1 is 1.00 bits per heavy atom. The lowest BCUT2D eigenvalue weighted by molar-refractivity contribution is 0.0973. The Morgan fingerprint density at radius 2 is 1.67 bits per heavy atom. The lowest BCUT2D eigenvalue weighted by atomic mass is 9.85. The van der Waals surface area contributed by atoms with Crippen LogP contribution in [0.25, 0.3) is 11.0 Å². The molecule has 1 N–H and O–H groups in total. The number of aromatic hydroxyl groups is 1. The number of benzene rings is 3. The van der Waals surface area contributed by atoms with E-state index in [2.05, 4.69) is 15.9 Å². The second-order valence-corrected chi connectivity index (χ2v) is 7.68. The van der Waals surface area contributed by atoms with Crippen LogP contribution in [0.1, 0.15) is 33.8 Å². The lowest BCUT2D eigenvalue weighted by Crippen LogP contribution is -2.18. The van der Waals surface area contributed by atoms with Gasteiger partial charge in [0, 0.05) is 16.8 Å². The van der Waals surface area contributed by atoms with Crippen molar-refractivity contribution < 1.29 is 18.7 Å². The molecule has 0 amide bonds. The van der Waals surface area contributed by atoms with E-state index in [1.807, 2.05) is 0 Å². The van der Waals surface area contributed by atoms with Crippen LogP contribution in [0.4, 0.5) is 4.39 Å². The highest BCUT2D eigenvalue weighted by Crippen LogP contribution is 2.39. The topological polar surface area (TPSA) is 67.5 Å². The average molecular weight is 467 g/mol. The van der Waals surface area contributed by atoms with Gasteiger partial charge in [-0.25, -0.2) is 9.18 Å². The smallest absolute Gasteiger partial charge is 0.343 e. The van der Waals surface area contributed by atoms with E-state index in [4.69, 9.17) is 4.42 Å². The van der Waals surface area contributed by atoms with Crippen LogP contribution in [0.5, 0.6) is 5.75 Å². The van der Waals surface area contributed by atoms with Crippen LogP contribution in [-0.4, -0.2) is 10.9 Å². The van der Waals surface area contributed by atoms with E-state index >= 15 is 0 Å². The predicted molar refractivity (Wildman–Crippen MR) is 115 cm³/mol. The molecule has 4 aromatic rings. The number of hydrogen-bond acceptors (Lipinski definition) is 4. The summed E-state index contributed by atoms with van der Waals surface area (Å²) in [6.45, 7) is 0. The molecule has 0 aliphatic carbocycles. The van der Waals surface area contributed by atoms with E-state index in [1.54, 1.807) is 54.6 Å². The maximum atomic E-state index is 14.2. The molecule has 1 atom stereocenters. The highest BCUT2D eigenvalue weighted by molar-refractivity contribution is 9.10. The standard InChI is InChI=1S/C24H16BrFO4/c25-18-10-4-1-7-14(18)17(13-20(27)15-8-2-5-11-19(15)26)22-23(28)16-9-3-6-12-21(16)30-24(22)29/h1-12,17,28H,13H2. The highest BCUT2D eigenvalue weighted by atomic mass is 79.9. The van der Waals surface area contributed by atoms with Crippen molar-refractivity contribution in [1.82, 2.24) is 0 Å². The minimum atomic E-state index is -0.839. The van der Waals surface area contributed by atoms with E-state index in [9.17, 15) is 19.1 Å². The van der Waals surface area contributed by atoms with Crippen molar-refractivity contribution in [3.8, 4) is 5.75 Å². The number of fused-ring (bicyclic) bond motifs is 1. The van der Waals surface area contributed by atoms with Crippen molar-refractivity contribution in [3.05, 3.63) is 110 Å². The van der Waals surface area contributed by atoms with Crippen LogP contribution < -0.4 is 5.63 Å². The summed E-state index contributed by atoms with van der Waals surface area (Å²) in [5, 5.41) is 11.3. The summed E-state index contributed by atoms with van der Waals surface area (Å²) in [6.07, 6.45) is -0.222. The minimum absolute atomic E-state index is 0.0368. The van der Waals surface area contributed by atoms with Crippen LogP contribution in [0.15, 0.2) is 86.5 Å². The molecule has 1 heterocycles. The van der Waals surface area contributed by atoms with Crippen LogP contribution >= 0.6 is 15.9 Å². The summed E-state index contributed by atoms with van der Waals surface area (Å²) in [7, 11) is 0. The van der Waals surface area contributed by atoms with Gasteiger partial charge in [0.25, 0.3) is 0 Å². The number of halogens is 2. The van der Waals surface area contributed by atoms with E-state index < -0.39 is 23.1 Å². The van der Waals surface area contributed by atoms with Crippen molar-refractivity contribution in [2.24, 2.45) is 0 Å². The molecule has 4 rings (SSSR count). The molecular weight excluding hydrogens is 451 g/mol. The third kappa shape index (κ3) is 3.66. The van der Waals surface area contributed by atoms with Gasteiger partial charge < -0.3 is 9.52 Å². The van der Waals surface area contributed by atoms with Crippen molar-refractivity contribution in [1.29, 1.82) is 0 Å². The zero-order valence-electron chi connectivity index (χ0n) is 15.6. The molecule has 0 fully saturated rings. The quantitative estimate of drug-likeness (QED) is 0.297. The highest BCUT2D eigenvalue weighted by Gasteiger charge is 2.29. The monoisotopic (exact) mass is 466 g/mol. The number of carbonyl (C=O) groups excluding carboxylic acids is 1. The summed E-state index contributed by atoms with van der Waals surface area (Å²) in [4.78, 5) is 25.8. The summed E-state index contributed by atoms with van der Waals surface area (Å²) in [6, 6.07) is 19.4. The first-order valence-electron chi connectivity index (χ1n) is 9.24.